The molecule has 0 rings (SSSR count). The summed E-state index contributed by atoms with van der Waals surface area (Å²) in [6.45, 7) is 6.50. The van der Waals surface area contributed by atoms with E-state index < -0.39 is 6.10 Å². The molecule has 0 aliphatic rings. The molecule has 1 unspecified atom stereocenters. The van der Waals surface area contributed by atoms with Crippen molar-refractivity contribution >= 4 is 17.9 Å². The maximum absolute atomic E-state index is 12.9. The number of rotatable bonds is 60. The van der Waals surface area contributed by atoms with Crippen LogP contribution in [0.25, 0.3) is 0 Å². The minimum atomic E-state index is -0.790. The number of carbonyl (C=O) groups excluding carboxylic acids is 3. The Hall–Kier alpha value is -3.93. The summed E-state index contributed by atoms with van der Waals surface area (Å²) in [5.74, 6) is -0.896. The number of hydrogen-bond donors (Lipinski definition) is 0. The molecule has 0 aliphatic heterocycles. The van der Waals surface area contributed by atoms with Crippen LogP contribution in [0.4, 0.5) is 0 Å². The lowest BCUT2D eigenvalue weighted by Gasteiger charge is -2.18. The summed E-state index contributed by atoms with van der Waals surface area (Å²) >= 11 is 0. The first-order chi connectivity index (χ1) is 39.0. The van der Waals surface area contributed by atoms with Gasteiger partial charge in [-0.05, 0) is 128 Å². The number of unbranched alkanes of at least 4 members (excludes halogenated alkanes) is 31. The smallest absolute Gasteiger partial charge is 0.306 e. The number of esters is 3. The van der Waals surface area contributed by atoms with Gasteiger partial charge < -0.3 is 14.2 Å². The van der Waals surface area contributed by atoms with Crippen LogP contribution in [0.15, 0.2) is 109 Å². The topological polar surface area (TPSA) is 78.9 Å². The van der Waals surface area contributed by atoms with Crippen molar-refractivity contribution in [2.75, 3.05) is 13.2 Å². The Morgan fingerprint density at radius 3 is 0.810 bits per heavy atom. The molecule has 1 atom stereocenters. The van der Waals surface area contributed by atoms with E-state index in [0.29, 0.717) is 19.3 Å². The van der Waals surface area contributed by atoms with Gasteiger partial charge in [0.15, 0.2) is 6.10 Å². The highest BCUT2D eigenvalue weighted by molar-refractivity contribution is 5.71. The van der Waals surface area contributed by atoms with Crippen LogP contribution in [0, 0.1) is 0 Å². The second-order valence-electron chi connectivity index (χ2n) is 22.0. The first-order valence-corrected chi connectivity index (χ1v) is 33.4. The van der Waals surface area contributed by atoms with Gasteiger partial charge in [0.1, 0.15) is 13.2 Å². The second kappa shape index (κ2) is 66.6. The molecule has 0 saturated heterocycles. The summed E-state index contributed by atoms with van der Waals surface area (Å²) in [6, 6.07) is 0. The van der Waals surface area contributed by atoms with E-state index in [4.69, 9.17) is 14.2 Å². The van der Waals surface area contributed by atoms with E-state index in [9.17, 15) is 14.4 Å². The molecule has 0 aromatic carbocycles. The molecular weight excluding hydrogens is 973 g/mol. The van der Waals surface area contributed by atoms with Gasteiger partial charge in [-0.2, -0.15) is 0 Å². The highest BCUT2D eigenvalue weighted by Gasteiger charge is 2.19. The lowest BCUT2D eigenvalue weighted by molar-refractivity contribution is -0.167. The molecule has 0 heterocycles. The van der Waals surface area contributed by atoms with Gasteiger partial charge in [-0.3, -0.25) is 14.4 Å². The van der Waals surface area contributed by atoms with Gasteiger partial charge in [0.2, 0.25) is 0 Å². The number of allylic oxidation sites excluding steroid dienone is 18. The van der Waals surface area contributed by atoms with Gasteiger partial charge in [0, 0.05) is 19.3 Å². The van der Waals surface area contributed by atoms with Crippen molar-refractivity contribution in [2.45, 2.75) is 322 Å². The third-order valence-electron chi connectivity index (χ3n) is 14.2. The SMILES string of the molecule is CC/C=C\C/C=C\C/C=C\C/C=C\C/C=C\C/C=C\CCCCCCCCCCCCC(=O)OCC(COC(=O)CCCCCCC/C=C\CCCCCCCC)OC(=O)CCCCCCCCC/C=C\C/C=C\CCCCC. The molecule has 452 valence electrons. The Morgan fingerprint density at radius 1 is 0.266 bits per heavy atom. The summed E-state index contributed by atoms with van der Waals surface area (Å²) < 4.78 is 16.9. The summed E-state index contributed by atoms with van der Waals surface area (Å²) in [5, 5.41) is 0. The van der Waals surface area contributed by atoms with Crippen molar-refractivity contribution in [3.63, 3.8) is 0 Å². The van der Waals surface area contributed by atoms with E-state index in [2.05, 4.69) is 130 Å². The number of carbonyl (C=O) groups is 3. The van der Waals surface area contributed by atoms with Crippen molar-refractivity contribution in [2.24, 2.45) is 0 Å². The molecule has 79 heavy (non-hydrogen) atoms. The zero-order valence-electron chi connectivity index (χ0n) is 51.9. The Kier molecular flexibility index (Phi) is 63.3. The number of hydrogen-bond acceptors (Lipinski definition) is 6. The van der Waals surface area contributed by atoms with Crippen LogP contribution >= 0.6 is 0 Å². The summed E-state index contributed by atoms with van der Waals surface area (Å²) in [7, 11) is 0. The van der Waals surface area contributed by atoms with Crippen LogP contribution in [-0.4, -0.2) is 37.2 Å². The standard InChI is InChI=1S/C73H124O6/c1-4-7-10-13-16-19-22-25-28-30-31-32-33-34-35-36-37-38-39-40-41-43-45-48-51-54-57-60-63-66-72(75)78-69-70(68-77-71(74)65-62-59-56-53-50-47-44-27-24-21-18-15-12-9-6-3)79-73(76)67-64-61-58-55-52-49-46-42-29-26-23-20-17-14-11-8-5-2/h7,10,16-17,19-20,25-29,31-32,34-35,37-38,44,70H,4-6,8-9,11-15,18,21-24,30,33,36,39-43,45-69H2,1-3H3/b10-7-,19-16-,20-17-,28-25-,29-26-,32-31-,35-34-,38-37-,44-27-. The van der Waals surface area contributed by atoms with Crippen molar-refractivity contribution in [3.05, 3.63) is 109 Å². The second-order valence-corrected chi connectivity index (χ2v) is 22.0. The molecule has 0 amide bonds. The predicted molar refractivity (Wildman–Crippen MR) is 343 cm³/mol. The molecule has 6 nitrogen and oxygen atoms in total. The molecular formula is C73H124O6. The quantitative estimate of drug-likeness (QED) is 0.0261. The zero-order chi connectivity index (χ0) is 57.1. The molecule has 0 aromatic rings. The largest absolute Gasteiger partial charge is 0.462 e. The fourth-order valence-electron chi connectivity index (χ4n) is 9.24. The van der Waals surface area contributed by atoms with Crippen LogP contribution in [-0.2, 0) is 28.6 Å². The monoisotopic (exact) mass is 1100 g/mol. The molecule has 6 heteroatoms. The third kappa shape index (κ3) is 64.8. The molecule has 0 aliphatic carbocycles. The normalized spacial score (nSPS) is 12.8. The van der Waals surface area contributed by atoms with Gasteiger partial charge in [0.05, 0.1) is 0 Å². The van der Waals surface area contributed by atoms with Crippen LogP contribution in [0.3, 0.4) is 0 Å². The van der Waals surface area contributed by atoms with Gasteiger partial charge in [0.25, 0.3) is 0 Å². The van der Waals surface area contributed by atoms with Crippen molar-refractivity contribution < 1.29 is 28.6 Å². The first kappa shape index (κ1) is 75.1. The minimum Gasteiger partial charge on any atom is -0.462 e. The summed E-state index contributed by atoms with van der Waals surface area (Å²) in [6.07, 6.45) is 90.9. The van der Waals surface area contributed by atoms with E-state index >= 15 is 0 Å². The maximum Gasteiger partial charge on any atom is 0.306 e. The van der Waals surface area contributed by atoms with E-state index in [1.165, 1.54) is 161 Å². The minimum absolute atomic E-state index is 0.0857. The van der Waals surface area contributed by atoms with Crippen LogP contribution in [0.1, 0.15) is 316 Å². The van der Waals surface area contributed by atoms with E-state index in [0.717, 1.165) is 116 Å². The Bertz CT molecular complexity index is 1590. The first-order valence-electron chi connectivity index (χ1n) is 33.4. The van der Waals surface area contributed by atoms with Crippen LogP contribution in [0.5, 0.6) is 0 Å². The van der Waals surface area contributed by atoms with Crippen molar-refractivity contribution in [1.29, 1.82) is 0 Å². The van der Waals surface area contributed by atoms with Gasteiger partial charge in [-0.1, -0.05) is 278 Å². The van der Waals surface area contributed by atoms with Crippen LogP contribution in [0.2, 0.25) is 0 Å². The van der Waals surface area contributed by atoms with Crippen molar-refractivity contribution in [1.82, 2.24) is 0 Å². The predicted octanol–water partition coefficient (Wildman–Crippen LogP) is 23.0. The Morgan fingerprint density at radius 2 is 0.494 bits per heavy atom. The maximum atomic E-state index is 12.9. The number of ether oxygens (including phenoxy) is 3. The zero-order valence-corrected chi connectivity index (χ0v) is 51.9. The molecule has 0 aromatic heterocycles. The molecule has 0 spiro atoms. The average molecular weight is 1100 g/mol. The molecule has 0 fully saturated rings. The fraction of sp³-hybridized carbons (Fsp3) is 0.712. The third-order valence-corrected chi connectivity index (χ3v) is 14.2. The van der Waals surface area contributed by atoms with E-state index in [1.807, 2.05) is 0 Å². The summed E-state index contributed by atoms with van der Waals surface area (Å²) in [4.78, 5) is 38.4. The van der Waals surface area contributed by atoms with E-state index in [-0.39, 0.29) is 31.1 Å². The molecule has 0 radical (unpaired) electrons. The Balaban J connectivity index is 4.33. The Labute approximate surface area is 489 Å². The van der Waals surface area contributed by atoms with E-state index in [1.54, 1.807) is 0 Å². The van der Waals surface area contributed by atoms with Gasteiger partial charge in [-0.15, -0.1) is 0 Å². The highest BCUT2D eigenvalue weighted by atomic mass is 16.6. The fourth-order valence-corrected chi connectivity index (χ4v) is 9.24. The van der Waals surface area contributed by atoms with Crippen molar-refractivity contribution in [3.8, 4) is 0 Å². The summed E-state index contributed by atoms with van der Waals surface area (Å²) in [5.41, 5.74) is 0. The van der Waals surface area contributed by atoms with Gasteiger partial charge in [-0.25, -0.2) is 0 Å². The lowest BCUT2D eigenvalue weighted by Crippen LogP contribution is -2.30. The molecule has 0 bridgehead atoms. The highest BCUT2D eigenvalue weighted by Crippen LogP contribution is 2.16. The molecule has 0 saturated carbocycles. The lowest BCUT2D eigenvalue weighted by atomic mass is 10.1. The molecule has 0 N–H and O–H groups in total. The van der Waals surface area contributed by atoms with Crippen LogP contribution < -0.4 is 0 Å². The average Bonchev–Trinajstić information content (AvgIpc) is 3.45. The van der Waals surface area contributed by atoms with Gasteiger partial charge >= 0.3 is 17.9 Å².